The summed E-state index contributed by atoms with van der Waals surface area (Å²) in [7, 11) is 0. The van der Waals surface area contributed by atoms with Crippen LogP contribution in [-0.2, 0) is 4.79 Å². The number of nitrogens with zero attached hydrogens (tertiary/aromatic N) is 3. The zero-order valence-corrected chi connectivity index (χ0v) is 17.4. The lowest BCUT2D eigenvalue weighted by atomic mass is 10.1. The van der Waals surface area contributed by atoms with E-state index in [2.05, 4.69) is 21.6 Å². The standard InChI is InChI=1S/C22H22N4O2S/c1-13-5-4-6-16(8-13)20(28)23-22-25-24-21(29-22)17-11-19(27)26(12-17)18-9-14(2)7-15(3)10-18/h4-10,17H,11-12H2,1-3H3,(H,23,25,28)/t17-/m0/s1. The predicted octanol–water partition coefficient (Wildman–Crippen LogP) is 4.24. The van der Waals surface area contributed by atoms with Crippen molar-refractivity contribution >= 4 is 34.0 Å². The van der Waals surface area contributed by atoms with Crippen LogP contribution < -0.4 is 10.2 Å². The van der Waals surface area contributed by atoms with Gasteiger partial charge in [-0.1, -0.05) is 35.1 Å². The second-order valence-electron chi connectivity index (χ2n) is 7.52. The number of anilines is 2. The molecule has 1 aliphatic rings. The molecule has 0 unspecified atom stereocenters. The molecule has 1 N–H and O–H groups in total. The molecule has 6 nitrogen and oxygen atoms in total. The van der Waals surface area contributed by atoms with Crippen molar-refractivity contribution in [2.45, 2.75) is 33.1 Å². The molecule has 1 aromatic heterocycles. The Kier molecular flexibility index (Phi) is 5.15. The van der Waals surface area contributed by atoms with Crippen molar-refractivity contribution in [3.05, 3.63) is 69.7 Å². The molecule has 0 radical (unpaired) electrons. The van der Waals surface area contributed by atoms with Crippen LogP contribution in [-0.4, -0.2) is 28.6 Å². The number of aromatic nitrogens is 2. The van der Waals surface area contributed by atoms with Crippen LogP contribution in [0.15, 0.2) is 42.5 Å². The zero-order chi connectivity index (χ0) is 20.5. The molecule has 0 aliphatic carbocycles. The molecule has 3 aromatic rings. The first-order valence-electron chi connectivity index (χ1n) is 9.49. The molecule has 0 saturated carbocycles. The Bertz CT molecular complexity index is 1070. The zero-order valence-electron chi connectivity index (χ0n) is 16.6. The minimum atomic E-state index is -0.212. The van der Waals surface area contributed by atoms with Crippen LogP contribution in [0.5, 0.6) is 0 Å². The first-order chi connectivity index (χ1) is 13.9. The van der Waals surface area contributed by atoms with Crippen molar-refractivity contribution in [2.24, 2.45) is 0 Å². The fraction of sp³-hybridized carbons (Fsp3) is 0.273. The average molecular weight is 407 g/mol. The second kappa shape index (κ2) is 7.75. The summed E-state index contributed by atoms with van der Waals surface area (Å²) in [5.74, 6) is -0.151. The third-order valence-corrected chi connectivity index (χ3v) is 5.93. The Morgan fingerprint density at radius 2 is 1.83 bits per heavy atom. The summed E-state index contributed by atoms with van der Waals surface area (Å²) in [4.78, 5) is 26.8. The van der Waals surface area contributed by atoms with Crippen molar-refractivity contribution < 1.29 is 9.59 Å². The number of rotatable bonds is 4. The van der Waals surface area contributed by atoms with Gasteiger partial charge in [0.05, 0.1) is 0 Å². The summed E-state index contributed by atoms with van der Waals surface area (Å²) in [5, 5.41) is 12.4. The molecule has 1 saturated heterocycles. The van der Waals surface area contributed by atoms with Gasteiger partial charge in [-0.3, -0.25) is 14.9 Å². The SMILES string of the molecule is Cc1cccc(C(=O)Nc2nnc([C@H]3CC(=O)N(c4cc(C)cc(C)c4)C3)s2)c1. The predicted molar refractivity (Wildman–Crippen MR) is 115 cm³/mol. The molecule has 2 aromatic carbocycles. The minimum absolute atomic E-state index is 0.0227. The molecule has 1 aliphatic heterocycles. The summed E-state index contributed by atoms with van der Waals surface area (Å²) in [6.07, 6.45) is 0.396. The molecule has 0 spiro atoms. The number of nitrogens with one attached hydrogen (secondary N) is 1. The van der Waals surface area contributed by atoms with Gasteiger partial charge in [0.1, 0.15) is 5.01 Å². The normalized spacial score (nSPS) is 16.3. The van der Waals surface area contributed by atoms with E-state index >= 15 is 0 Å². The van der Waals surface area contributed by atoms with Gasteiger partial charge in [-0.05, 0) is 56.2 Å². The summed E-state index contributed by atoms with van der Waals surface area (Å²) < 4.78 is 0. The van der Waals surface area contributed by atoms with Gasteiger partial charge < -0.3 is 4.90 Å². The van der Waals surface area contributed by atoms with Gasteiger partial charge in [0.15, 0.2) is 0 Å². The number of aryl methyl sites for hydroxylation is 3. The molecule has 4 rings (SSSR count). The van der Waals surface area contributed by atoms with E-state index in [1.165, 1.54) is 11.3 Å². The maximum Gasteiger partial charge on any atom is 0.257 e. The van der Waals surface area contributed by atoms with E-state index in [-0.39, 0.29) is 17.7 Å². The van der Waals surface area contributed by atoms with Gasteiger partial charge in [-0.2, -0.15) is 0 Å². The highest BCUT2D eigenvalue weighted by atomic mass is 32.1. The number of hydrogen-bond acceptors (Lipinski definition) is 5. The Hall–Kier alpha value is -3.06. The highest BCUT2D eigenvalue weighted by Crippen LogP contribution is 2.35. The molecule has 1 fully saturated rings. The van der Waals surface area contributed by atoms with Gasteiger partial charge in [-0.25, -0.2) is 0 Å². The fourth-order valence-corrected chi connectivity index (χ4v) is 4.46. The van der Waals surface area contributed by atoms with Crippen LogP contribution in [0.3, 0.4) is 0 Å². The Morgan fingerprint density at radius 1 is 1.07 bits per heavy atom. The van der Waals surface area contributed by atoms with Gasteiger partial charge >= 0.3 is 0 Å². The first kappa shape index (κ1) is 19.3. The van der Waals surface area contributed by atoms with E-state index in [0.717, 1.165) is 27.4 Å². The molecular formula is C22H22N4O2S. The van der Waals surface area contributed by atoms with E-state index in [4.69, 9.17) is 0 Å². The third kappa shape index (κ3) is 4.19. The van der Waals surface area contributed by atoms with Crippen LogP contribution >= 0.6 is 11.3 Å². The lowest BCUT2D eigenvalue weighted by Gasteiger charge is -2.17. The lowest BCUT2D eigenvalue weighted by molar-refractivity contribution is -0.117. The van der Waals surface area contributed by atoms with Crippen molar-refractivity contribution in [1.82, 2.24) is 10.2 Å². The van der Waals surface area contributed by atoms with E-state index < -0.39 is 0 Å². The van der Waals surface area contributed by atoms with Gasteiger partial charge in [0, 0.05) is 30.1 Å². The maximum absolute atomic E-state index is 12.6. The Balaban J connectivity index is 1.47. The molecule has 0 bridgehead atoms. The summed E-state index contributed by atoms with van der Waals surface area (Å²) in [6, 6.07) is 13.5. The highest BCUT2D eigenvalue weighted by Gasteiger charge is 2.34. The molecular weight excluding hydrogens is 384 g/mol. The lowest BCUT2D eigenvalue weighted by Crippen LogP contribution is -2.24. The average Bonchev–Trinajstić information content (AvgIpc) is 3.27. The number of benzene rings is 2. The molecule has 148 valence electrons. The fourth-order valence-electron chi connectivity index (χ4n) is 3.63. The van der Waals surface area contributed by atoms with E-state index in [0.29, 0.717) is 23.7 Å². The van der Waals surface area contributed by atoms with Crippen molar-refractivity contribution in [3.63, 3.8) is 0 Å². The monoisotopic (exact) mass is 406 g/mol. The topological polar surface area (TPSA) is 75.2 Å². The van der Waals surface area contributed by atoms with Crippen molar-refractivity contribution in [1.29, 1.82) is 0 Å². The number of carbonyl (C=O) groups is 2. The number of amides is 2. The van der Waals surface area contributed by atoms with Crippen LogP contribution in [0.1, 0.15) is 44.4 Å². The maximum atomic E-state index is 12.6. The number of carbonyl (C=O) groups excluding carboxylic acids is 2. The molecule has 7 heteroatoms. The van der Waals surface area contributed by atoms with Crippen molar-refractivity contribution in [2.75, 3.05) is 16.8 Å². The summed E-state index contributed by atoms with van der Waals surface area (Å²) >= 11 is 1.33. The van der Waals surface area contributed by atoms with Crippen LogP contribution in [0.2, 0.25) is 0 Å². The number of hydrogen-bond donors (Lipinski definition) is 1. The van der Waals surface area contributed by atoms with Gasteiger partial charge in [0.25, 0.3) is 5.91 Å². The summed E-state index contributed by atoms with van der Waals surface area (Å²) in [5.41, 5.74) is 4.79. The highest BCUT2D eigenvalue weighted by molar-refractivity contribution is 7.15. The second-order valence-corrected chi connectivity index (χ2v) is 8.53. The largest absolute Gasteiger partial charge is 0.312 e. The van der Waals surface area contributed by atoms with Crippen LogP contribution in [0.4, 0.5) is 10.8 Å². The smallest absolute Gasteiger partial charge is 0.257 e. The molecule has 2 amide bonds. The Labute approximate surface area is 173 Å². The Morgan fingerprint density at radius 3 is 2.55 bits per heavy atom. The first-order valence-corrected chi connectivity index (χ1v) is 10.3. The quantitative estimate of drug-likeness (QED) is 0.703. The van der Waals surface area contributed by atoms with E-state index in [9.17, 15) is 9.59 Å². The molecule has 29 heavy (non-hydrogen) atoms. The molecule has 1 atom stereocenters. The van der Waals surface area contributed by atoms with Gasteiger partial charge in [0.2, 0.25) is 11.0 Å². The van der Waals surface area contributed by atoms with Gasteiger partial charge in [-0.15, -0.1) is 10.2 Å². The minimum Gasteiger partial charge on any atom is -0.312 e. The van der Waals surface area contributed by atoms with E-state index in [1.54, 1.807) is 6.07 Å². The van der Waals surface area contributed by atoms with Crippen LogP contribution in [0, 0.1) is 20.8 Å². The van der Waals surface area contributed by atoms with E-state index in [1.807, 2.05) is 56.0 Å². The third-order valence-electron chi connectivity index (χ3n) is 4.93. The summed E-state index contributed by atoms with van der Waals surface area (Å²) in [6.45, 7) is 6.57. The van der Waals surface area contributed by atoms with Crippen molar-refractivity contribution in [3.8, 4) is 0 Å². The molecule has 2 heterocycles. The van der Waals surface area contributed by atoms with Crippen LogP contribution in [0.25, 0.3) is 0 Å².